The van der Waals surface area contributed by atoms with Crippen LogP contribution < -0.4 is 10.6 Å². The molecule has 0 aromatic carbocycles. The Kier molecular flexibility index (Phi) is 4.47. The van der Waals surface area contributed by atoms with Crippen LogP contribution >= 0.6 is 11.8 Å². The van der Waals surface area contributed by atoms with Crippen LogP contribution in [0.1, 0.15) is 22.5 Å². The Balaban J connectivity index is 1.99. The molecule has 1 aromatic heterocycles. The monoisotopic (exact) mass is 265 g/mol. The number of amides is 1. The lowest BCUT2D eigenvalue weighted by Gasteiger charge is -2.12. The summed E-state index contributed by atoms with van der Waals surface area (Å²) in [6.07, 6.45) is 2.84. The van der Waals surface area contributed by atoms with E-state index in [0.717, 1.165) is 23.7 Å². The lowest BCUT2D eigenvalue weighted by molar-refractivity contribution is 0.0949. The summed E-state index contributed by atoms with van der Waals surface area (Å²) < 4.78 is 0. The number of hydrogen-bond acceptors (Lipinski definition) is 4. The molecule has 1 aliphatic heterocycles. The molecule has 4 nitrogen and oxygen atoms in total. The number of rotatable bonds is 4. The van der Waals surface area contributed by atoms with Crippen molar-refractivity contribution in [2.45, 2.75) is 13.3 Å². The van der Waals surface area contributed by atoms with E-state index < -0.39 is 0 Å². The van der Waals surface area contributed by atoms with Gasteiger partial charge in [0.2, 0.25) is 0 Å². The quantitative estimate of drug-likeness (QED) is 0.873. The first-order valence-electron chi connectivity index (χ1n) is 6.21. The fraction of sp³-hybridized carbons (Fsp3) is 0.538. The fourth-order valence-electron chi connectivity index (χ4n) is 2.02. The van der Waals surface area contributed by atoms with Crippen molar-refractivity contribution in [2.24, 2.45) is 5.92 Å². The summed E-state index contributed by atoms with van der Waals surface area (Å²) in [6.45, 7) is 2.68. The molecule has 0 spiro atoms. The van der Waals surface area contributed by atoms with E-state index in [1.54, 1.807) is 6.20 Å². The van der Waals surface area contributed by atoms with Crippen LogP contribution in [0.4, 0.5) is 5.69 Å². The van der Waals surface area contributed by atoms with Crippen molar-refractivity contribution < 1.29 is 4.79 Å². The van der Waals surface area contributed by atoms with E-state index in [1.165, 1.54) is 12.2 Å². The van der Waals surface area contributed by atoms with E-state index in [1.807, 2.05) is 31.8 Å². The van der Waals surface area contributed by atoms with Crippen molar-refractivity contribution in [1.82, 2.24) is 10.3 Å². The molecule has 1 atom stereocenters. The second-order valence-corrected chi connectivity index (χ2v) is 5.71. The minimum absolute atomic E-state index is 0.0382. The van der Waals surface area contributed by atoms with E-state index in [9.17, 15) is 4.79 Å². The van der Waals surface area contributed by atoms with Gasteiger partial charge >= 0.3 is 0 Å². The van der Waals surface area contributed by atoms with E-state index >= 15 is 0 Å². The molecule has 0 saturated carbocycles. The minimum Gasteiger partial charge on any atom is -0.387 e. The van der Waals surface area contributed by atoms with Crippen LogP contribution in [0.5, 0.6) is 0 Å². The van der Waals surface area contributed by atoms with Gasteiger partial charge in [-0.15, -0.1) is 0 Å². The SMILES string of the molecule is CNc1cc(C)ncc1C(=O)NCC1CCSC1. The first-order valence-corrected chi connectivity index (χ1v) is 7.36. The zero-order valence-corrected chi connectivity index (χ0v) is 11.6. The number of thioether (sulfide) groups is 1. The molecule has 18 heavy (non-hydrogen) atoms. The normalized spacial score (nSPS) is 18.7. The van der Waals surface area contributed by atoms with E-state index in [0.29, 0.717) is 11.5 Å². The lowest BCUT2D eigenvalue weighted by atomic mass is 10.1. The van der Waals surface area contributed by atoms with Gasteiger partial charge in [-0.2, -0.15) is 11.8 Å². The van der Waals surface area contributed by atoms with Gasteiger partial charge in [-0.05, 0) is 36.8 Å². The van der Waals surface area contributed by atoms with Crippen LogP contribution in [-0.4, -0.2) is 36.0 Å². The molecule has 2 heterocycles. The third-order valence-electron chi connectivity index (χ3n) is 3.13. The highest BCUT2D eigenvalue weighted by Crippen LogP contribution is 2.22. The molecule has 5 heteroatoms. The van der Waals surface area contributed by atoms with Crippen molar-refractivity contribution in [3.8, 4) is 0 Å². The van der Waals surface area contributed by atoms with Crippen LogP contribution in [0.3, 0.4) is 0 Å². The molecule has 1 aliphatic rings. The molecule has 1 unspecified atom stereocenters. The molecule has 1 fully saturated rings. The Hall–Kier alpha value is -1.23. The van der Waals surface area contributed by atoms with Crippen LogP contribution in [0, 0.1) is 12.8 Å². The summed E-state index contributed by atoms with van der Waals surface area (Å²) in [6, 6.07) is 1.89. The van der Waals surface area contributed by atoms with Gasteiger partial charge < -0.3 is 10.6 Å². The Labute approximate surface area is 112 Å². The van der Waals surface area contributed by atoms with E-state index in [4.69, 9.17) is 0 Å². The standard InChI is InChI=1S/C13H19N3OS/c1-9-5-12(14-2)11(7-15-9)13(17)16-6-10-3-4-18-8-10/h5,7,10H,3-4,6,8H2,1-2H3,(H,14,15)(H,16,17). The smallest absolute Gasteiger partial charge is 0.254 e. The van der Waals surface area contributed by atoms with Crippen molar-refractivity contribution >= 4 is 23.4 Å². The largest absolute Gasteiger partial charge is 0.387 e. The first kappa shape index (κ1) is 13.2. The Morgan fingerprint density at radius 3 is 3.11 bits per heavy atom. The number of aromatic nitrogens is 1. The van der Waals surface area contributed by atoms with Crippen molar-refractivity contribution in [1.29, 1.82) is 0 Å². The summed E-state index contributed by atoms with van der Waals surface area (Å²) >= 11 is 1.96. The third-order valence-corrected chi connectivity index (χ3v) is 4.36. The molecule has 1 aromatic rings. The van der Waals surface area contributed by atoms with Gasteiger partial charge in [0.25, 0.3) is 5.91 Å². The molecule has 0 bridgehead atoms. The maximum absolute atomic E-state index is 12.1. The molecule has 98 valence electrons. The molecule has 0 radical (unpaired) electrons. The molecule has 1 amide bonds. The van der Waals surface area contributed by atoms with Gasteiger partial charge in [0.15, 0.2) is 0 Å². The van der Waals surface area contributed by atoms with Gasteiger partial charge in [-0.1, -0.05) is 0 Å². The number of pyridine rings is 1. The highest BCUT2D eigenvalue weighted by Gasteiger charge is 2.17. The Bertz CT molecular complexity index is 430. The number of carbonyl (C=O) groups excluding carboxylic acids is 1. The summed E-state index contributed by atoms with van der Waals surface area (Å²) in [5.41, 5.74) is 2.36. The highest BCUT2D eigenvalue weighted by molar-refractivity contribution is 7.99. The average Bonchev–Trinajstić information content (AvgIpc) is 2.88. The number of nitrogens with one attached hydrogen (secondary N) is 2. The topological polar surface area (TPSA) is 54.0 Å². The summed E-state index contributed by atoms with van der Waals surface area (Å²) in [5.74, 6) is 2.96. The second kappa shape index (κ2) is 6.09. The maximum Gasteiger partial charge on any atom is 0.254 e. The van der Waals surface area contributed by atoms with Crippen LogP contribution in [0.2, 0.25) is 0 Å². The maximum atomic E-state index is 12.1. The first-order chi connectivity index (χ1) is 8.70. The van der Waals surface area contributed by atoms with Crippen LogP contribution in [-0.2, 0) is 0 Å². The molecular weight excluding hydrogens is 246 g/mol. The zero-order valence-electron chi connectivity index (χ0n) is 10.8. The molecule has 2 N–H and O–H groups in total. The average molecular weight is 265 g/mol. The predicted octanol–water partition coefficient (Wildman–Crippen LogP) is 1.91. The second-order valence-electron chi connectivity index (χ2n) is 4.56. The van der Waals surface area contributed by atoms with Gasteiger partial charge in [-0.25, -0.2) is 0 Å². The fourth-order valence-corrected chi connectivity index (χ4v) is 3.31. The van der Waals surface area contributed by atoms with Gasteiger partial charge in [-0.3, -0.25) is 9.78 Å². The summed E-state index contributed by atoms with van der Waals surface area (Å²) in [5, 5.41) is 6.04. The zero-order chi connectivity index (χ0) is 13.0. The predicted molar refractivity (Wildman–Crippen MR) is 76.3 cm³/mol. The summed E-state index contributed by atoms with van der Waals surface area (Å²) in [7, 11) is 1.82. The van der Waals surface area contributed by atoms with Crippen LogP contribution in [0.15, 0.2) is 12.3 Å². The number of nitrogens with zero attached hydrogens (tertiary/aromatic N) is 1. The third kappa shape index (κ3) is 3.16. The van der Waals surface area contributed by atoms with Gasteiger partial charge in [0, 0.05) is 25.5 Å². The summed E-state index contributed by atoms with van der Waals surface area (Å²) in [4.78, 5) is 16.3. The number of anilines is 1. The Morgan fingerprint density at radius 2 is 2.44 bits per heavy atom. The van der Waals surface area contributed by atoms with Gasteiger partial charge in [0.1, 0.15) is 0 Å². The molecular formula is C13H19N3OS. The Morgan fingerprint density at radius 1 is 1.61 bits per heavy atom. The van der Waals surface area contributed by atoms with E-state index in [-0.39, 0.29) is 5.91 Å². The van der Waals surface area contributed by atoms with Crippen molar-refractivity contribution in [3.05, 3.63) is 23.5 Å². The van der Waals surface area contributed by atoms with E-state index in [2.05, 4.69) is 15.6 Å². The van der Waals surface area contributed by atoms with Crippen molar-refractivity contribution in [3.63, 3.8) is 0 Å². The molecule has 1 saturated heterocycles. The lowest BCUT2D eigenvalue weighted by Crippen LogP contribution is -2.30. The van der Waals surface area contributed by atoms with Crippen LogP contribution in [0.25, 0.3) is 0 Å². The molecule has 0 aliphatic carbocycles. The van der Waals surface area contributed by atoms with Crippen molar-refractivity contribution in [2.75, 3.05) is 30.4 Å². The number of aryl methyl sites for hydroxylation is 1. The number of hydrogen-bond donors (Lipinski definition) is 2. The molecule has 2 rings (SSSR count). The minimum atomic E-state index is -0.0382. The van der Waals surface area contributed by atoms with Gasteiger partial charge in [0.05, 0.1) is 11.3 Å². The number of carbonyl (C=O) groups is 1. The highest BCUT2D eigenvalue weighted by atomic mass is 32.2.